The van der Waals surface area contributed by atoms with Crippen LogP contribution >= 0.6 is 11.3 Å². The fourth-order valence-electron chi connectivity index (χ4n) is 3.51. The van der Waals surface area contributed by atoms with Crippen LogP contribution in [0.1, 0.15) is 34.1 Å². The zero-order valence-electron chi connectivity index (χ0n) is 14.0. The lowest BCUT2D eigenvalue weighted by Crippen LogP contribution is -2.37. The number of carbonyl (C=O) groups excluding carboxylic acids is 2. The summed E-state index contributed by atoms with van der Waals surface area (Å²) in [6.07, 6.45) is 4.99. The van der Waals surface area contributed by atoms with Gasteiger partial charge in [-0.05, 0) is 35.9 Å². The molecule has 0 bridgehead atoms. The van der Waals surface area contributed by atoms with Gasteiger partial charge in [-0.15, -0.1) is 11.3 Å². The molecule has 0 unspecified atom stereocenters. The van der Waals surface area contributed by atoms with E-state index in [1.165, 1.54) is 16.2 Å². The minimum absolute atomic E-state index is 0.0814. The van der Waals surface area contributed by atoms with Crippen molar-refractivity contribution in [1.29, 1.82) is 0 Å². The average Bonchev–Trinajstić information content (AvgIpc) is 3.40. The average molecular weight is 370 g/mol. The van der Waals surface area contributed by atoms with Gasteiger partial charge in [-0.3, -0.25) is 14.6 Å². The molecule has 2 aliphatic heterocycles. The van der Waals surface area contributed by atoms with Gasteiger partial charge in [-0.1, -0.05) is 12.1 Å². The molecule has 26 heavy (non-hydrogen) atoms. The Morgan fingerprint density at radius 3 is 2.92 bits per heavy atom. The molecule has 1 amide bonds. The minimum Gasteiger partial charge on any atom is -0.503 e. The molecule has 1 saturated heterocycles. The van der Waals surface area contributed by atoms with Gasteiger partial charge in [0.2, 0.25) is 5.78 Å². The van der Waals surface area contributed by atoms with Gasteiger partial charge in [0.25, 0.3) is 5.91 Å². The molecule has 0 spiro atoms. The third-order valence-corrected chi connectivity index (χ3v) is 5.59. The van der Waals surface area contributed by atoms with E-state index in [0.29, 0.717) is 23.6 Å². The number of hydrogen-bond acceptors (Lipinski definition) is 6. The van der Waals surface area contributed by atoms with Crippen molar-refractivity contribution >= 4 is 23.0 Å². The fourth-order valence-corrected chi connectivity index (χ4v) is 4.18. The summed E-state index contributed by atoms with van der Waals surface area (Å²) in [6.45, 7) is 1.01. The first kappa shape index (κ1) is 16.9. The molecule has 2 aliphatic rings. The monoisotopic (exact) mass is 370 g/mol. The number of aliphatic hydroxyl groups excluding tert-OH is 1. The number of ether oxygens (including phenoxy) is 1. The molecule has 2 atom stereocenters. The first-order valence-electron chi connectivity index (χ1n) is 8.50. The number of pyridine rings is 1. The van der Waals surface area contributed by atoms with Gasteiger partial charge in [-0.2, -0.15) is 0 Å². The maximum absolute atomic E-state index is 13.0. The van der Waals surface area contributed by atoms with E-state index in [-0.39, 0.29) is 17.5 Å². The Labute approximate surface area is 154 Å². The Balaban J connectivity index is 1.74. The van der Waals surface area contributed by atoms with Crippen molar-refractivity contribution in [2.75, 3.05) is 13.2 Å². The highest BCUT2D eigenvalue weighted by Crippen LogP contribution is 2.39. The van der Waals surface area contributed by atoms with Gasteiger partial charge in [0.15, 0.2) is 5.76 Å². The quantitative estimate of drug-likeness (QED) is 0.819. The first-order valence-corrected chi connectivity index (χ1v) is 9.38. The van der Waals surface area contributed by atoms with E-state index in [1.807, 2.05) is 6.07 Å². The highest BCUT2D eigenvalue weighted by atomic mass is 32.1. The summed E-state index contributed by atoms with van der Waals surface area (Å²) in [5.41, 5.74) is 0.811. The summed E-state index contributed by atoms with van der Waals surface area (Å²) in [4.78, 5) is 31.9. The molecule has 2 aromatic rings. The molecule has 6 nitrogen and oxygen atoms in total. The van der Waals surface area contributed by atoms with E-state index >= 15 is 0 Å². The van der Waals surface area contributed by atoms with Gasteiger partial charge >= 0.3 is 0 Å². The first-order chi connectivity index (χ1) is 12.7. The Morgan fingerprint density at radius 2 is 2.27 bits per heavy atom. The normalized spacial score (nSPS) is 23.1. The number of Topliss-reactive ketones (excluding diaryl/α,β-unsaturated/α-hetero) is 1. The number of thiophene rings is 1. The van der Waals surface area contributed by atoms with Crippen LogP contribution in [-0.2, 0) is 9.53 Å². The predicted molar refractivity (Wildman–Crippen MR) is 96.0 cm³/mol. The van der Waals surface area contributed by atoms with Gasteiger partial charge in [-0.25, -0.2) is 0 Å². The summed E-state index contributed by atoms with van der Waals surface area (Å²) < 4.78 is 5.66. The molecule has 4 heterocycles. The van der Waals surface area contributed by atoms with E-state index in [0.717, 1.165) is 12.8 Å². The van der Waals surface area contributed by atoms with Crippen LogP contribution in [-0.4, -0.2) is 45.9 Å². The number of amides is 1. The number of aromatic nitrogens is 1. The van der Waals surface area contributed by atoms with Gasteiger partial charge in [0, 0.05) is 25.5 Å². The van der Waals surface area contributed by atoms with Crippen molar-refractivity contribution in [2.45, 2.75) is 25.0 Å². The van der Waals surface area contributed by atoms with E-state index in [4.69, 9.17) is 4.74 Å². The molecule has 0 aliphatic carbocycles. The smallest absolute Gasteiger partial charge is 0.290 e. The summed E-state index contributed by atoms with van der Waals surface area (Å²) in [5, 5.41) is 12.3. The molecule has 0 aromatic carbocycles. The second-order valence-corrected chi connectivity index (χ2v) is 7.30. The second kappa shape index (κ2) is 7.01. The molecule has 1 fully saturated rings. The van der Waals surface area contributed by atoms with Crippen LogP contribution in [0.4, 0.5) is 0 Å². The van der Waals surface area contributed by atoms with Crippen molar-refractivity contribution in [2.24, 2.45) is 0 Å². The molecular weight excluding hydrogens is 352 g/mol. The predicted octanol–water partition coefficient (Wildman–Crippen LogP) is 2.90. The Morgan fingerprint density at radius 1 is 1.38 bits per heavy atom. The van der Waals surface area contributed by atoms with E-state index in [9.17, 15) is 14.7 Å². The molecule has 7 heteroatoms. The maximum atomic E-state index is 13.0. The van der Waals surface area contributed by atoms with Gasteiger partial charge < -0.3 is 14.7 Å². The number of rotatable bonds is 5. The summed E-state index contributed by atoms with van der Waals surface area (Å²) in [7, 11) is 0. The molecule has 0 radical (unpaired) electrons. The highest BCUT2D eigenvalue weighted by Gasteiger charge is 2.45. The second-order valence-electron chi connectivity index (χ2n) is 6.35. The number of aliphatic hydroxyl groups is 1. The minimum atomic E-state index is -0.657. The van der Waals surface area contributed by atoms with E-state index in [1.54, 1.807) is 36.0 Å². The zero-order valence-corrected chi connectivity index (χ0v) is 14.8. The molecule has 0 saturated carbocycles. The summed E-state index contributed by atoms with van der Waals surface area (Å²) in [5.74, 6) is -1.33. The standard InChI is InChI=1S/C19H18N2O4S/c22-17(14-6-3-9-26-14)15-16(12-4-1-7-20-10-12)21(19(24)18(15)23)11-13-5-2-8-25-13/h1,3-4,6-7,9-10,13,16,23H,2,5,8,11H2/t13-,16-/m0/s1. The largest absolute Gasteiger partial charge is 0.503 e. The number of carbonyl (C=O) groups is 2. The molecule has 4 rings (SSSR count). The maximum Gasteiger partial charge on any atom is 0.290 e. The highest BCUT2D eigenvalue weighted by molar-refractivity contribution is 7.12. The Hall–Kier alpha value is -2.51. The van der Waals surface area contributed by atoms with Crippen LogP contribution in [0.5, 0.6) is 0 Å². The van der Waals surface area contributed by atoms with Crippen LogP contribution in [0.25, 0.3) is 0 Å². The third kappa shape index (κ3) is 2.93. The molecular formula is C19H18N2O4S. The number of hydrogen-bond donors (Lipinski definition) is 1. The molecule has 1 N–H and O–H groups in total. The summed E-state index contributed by atoms with van der Waals surface area (Å²) >= 11 is 1.29. The zero-order chi connectivity index (χ0) is 18.1. The number of nitrogens with zero attached hydrogens (tertiary/aromatic N) is 2. The lowest BCUT2D eigenvalue weighted by Gasteiger charge is -2.28. The van der Waals surface area contributed by atoms with Crippen molar-refractivity contribution < 1.29 is 19.4 Å². The van der Waals surface area contributed by atoms with Crippen LogP contribution in [0, 0.1) is 0 Å². The Kier molecular flexibility index (Phi) is 4.57. The lowest BCUT2D eigenvalue weighted by atomic mass is 9.96. The third-order valence-electron chi connectivity index (χ3n) is 4.72. The van der Waals surface area contributed by atoms with Crippen molar-refractivity contribution in [3.63, 3.8) is 0 Å². The van der Waals surface area contributed by atoms with Crippen LogP contribution in [0.15, 0.2) is 53.4 Å². The SMILES string of the molecule is O=C(C1=C(O)C(=O)N(C[C@@H]2CCCO2)[C@H]1c1cccnc1)c1cccs1. The van der Waals surface area contributed by atoms with Crippen LogP contribution in [0.2, 0.25) is 0 Å². The molecule has 2 aromatic heterocycles. The van der Waals surface area contributed by atoms with Crippen LogP contribution < -0.4 is 0 Å². The lowest BCUT2D eigenvalue weighted by molar-refractivity contribution is -0.131. The van der Waals surface area contributed by atoms with Crippen molar-refractivity contribution in [3.8, 4) is 0 Å². The van der Waals surface area contributed by atoms with E-state index < -0.39 is 17.7 Å². The van der Waals surface area contributed by atoms with Gasteiger partial charge in [0.1, 0.15) is 0 Å². The molecule has 134 valence electrons. The summed E-state index contributed by atoms with van der Waals surface area (Å²) in [6, 6.07) is 6.38. The fraction of sp³-hybridized carbons (Fsp3) is 0.316. The topological polar surface area (TPSA) is 79.7 Å². The van der Waals surface area contributed by atoms with Crippen LogP contribution in [0.3, 0.4) is 0 Å². The van der Waals surface area contributed by atoms with Crippen molar-refractivity contribution in [3.05, 3.63) is 63.8 Å². The van der Waals surface area contributed by atoms with Gasteiger partial charge in [0.05, 0.1) is 22.6 Å². The Bertz CT molecular complexity index is 842. The van der Waals surface area contributed by atoms with E-state index in [2.05, 4.69) is 4.98 Å². The van der Waals surface area contributed by atoms with Crippen molar-refractivity contribution in [1.82, 2.24) is 9.88 Å². The number of ketones is 1.